The quantitative estimate of drug-likeness (QED) is 0.763. The number of nitrogens with zero attached hydrogens (tertiary/aromatic N) is 1. The van der Waals surface area contributed by atoms with Crippen LogP contribution < -0.4 is 0 Å². The Morgan fingerprint density at radius 3 is 2.28 bits per heavy atom. The zero-order valence-electron chi connectivity index (χ0n) is 11.6. The summed E-state index contributed by atoms with van der Waals surface area (Å²) >= 11 is 0. The summed E-state index contributed by atoms with van der Waals surface area (Å²) in [5.74, 6) is 0.892. The molecule has 0 bridgehead atoms. The molecule has 4 nitrogen and oxygen atoms in total. The third-order valence-electron chi connectivity index (χ3n) is 4.30. The van der Waals surface area contributed by atoms with E-state index in [-0.39, 0.29) is 5.54 Å². The highest BCUT2D eigenvalue weighted by Crippen LogP contribution is 2.25. The van der Waals surface area contributed by atoms with Crippen molar-refractivity contribution < 1.29 is 14.3 Å². The van der Waals surface area contributed by atoms with Crippen LogP contribution in [0.15, 0.2) is 0 Å². The first-order chi connectivity index (χ1) is 8.60. The number of hydrogen-bond donors (Lipinski definition) is 0. The van der Waals surface area contributed by atoms with Crippen LogP contribution in [0.2, 0.25) is 0 Å². The molecule has 0 aromatic carbocycles. The van der Waals surface area contributed by atoms with E-state index in [1.807, 2.05) is 0 Å². The Kier molecular flexibility index (Phi) is 4.76. The minimum Gasteiger partial charge on any atom is -0.381 e. The van der Waals surface area contributed by atoms with Gasteiger partial charge in [0.2, 0.25) is 0 Å². The number of rotatable bonds is 4. The van der Waals surface area contributed by atoms with Crippen LogP contribution in [0.4, 0.5) is 0 Å². The highest BCUT2D eigenvalue weighted by molar-refractivity contribution is 5.87. The zero-order valence-corrected chi connectivity index (χ0v) is 11.6. The second kappa shape index (κ2) is 6.13. The molecule has 0 aromatic heterocycles. The molecule has 2 heterocycles. The molecule has 2 fully saturated rings. The van der Waals surface area contributed by atoms with Gasteiger partial charge < -0.3 is 9.47 Å². The molecule has 18 heavy (non-hydrogen) atoms. The molecule has 0 aliphatic carbocycles. The number of carbonyl (C=O) groups excluding carboxylic acids is 1. The average Bonchev–Trinajstić information content (AvgIpc) is 2.41. The molecule has 2 aliphatic rings. The van der Waals surface area contributed by atoms with E-state index < -0.39 is 0 Å². The number of carbonyl (C=O) groups is 1. The van der Waals surface area contributed by atoms with Gasteiger partial charge in [-0.25, -0.2) is 0 Å². The van der Waals surface area contributed by atoms with E-state index in [0.717, 1.165) is 52.4 Å². The summed E-state index contributed by atoms with van der Waals surface area (Å²) in [4.78, 5) is 14.8. The van der Waals surface area contributed by atoms with Crippen molar-refractivity contribution in [1.29, 1.82) is 0 Å². The Balaban J connectivity index is 1.88. The van der Waals surface area contributed by atoms with Gasteiger partial charge >= 0.3 is 0 Å². The summed E-state index contributed by atoms with van der Waals surface area (Å²) in [6.45, 7) is 8.97. The summed E-state index contributed by atoms with van der Waals surface area (Å²) in [5.41, 5.74) is -0.345. The van der Waals surface area contributed by atoms with Gasteiger partial charge in [-0.2, -0.15) is 0 Å². The van der Waals surface area contributed by atoms with Crippen molar-refractivity contribution in [3.8, 4) is 0 Å². The Labute approximate surface area is 110 Å². The maximum atomic E-state index is 12.5. The lowest BCUT2D eigenvalue weighted by atomic mass is 9.86. The third-order valence-corrected chi connectivity index (χ3v) is 4.30. The third kappa shape index (κ3) is 3.31. The Bertz CT molecular complexity index is 279. The normalized spacial score (nSPS) is 24.1. The maximum absolute atomic E-state index is 12.5. The van der Waals surface area contributed by atoms with Crippen molar-refractivity contribution in [1.82, 2.24) is 4.90 Å². The van der Waals surface area contributed by atoms with Crippen LogP contribution in [0.5, 0.6) is 0 Å². The molecular weight excluding hydrogens is 230 g/mol. The molecular formula is C14H25NO3. The second-order valence-corrected chi connectivity index (χ2v) is 5.84. The molecule has 2 saturated heterocycles. The largest absolute Gasteiger partial charge is 0.381 e. The monoisotopic (exact) mass is 255 g/mol. The molecule has 0 aromatic rings. The number of ketones is 1. The number of morpholine rings is 1. The lowest BCUT2D eigenvalue weighted by Crippen LogP contribution is -2.54. The molecule has 0 atom stereocenters. The van der Waals surface area contributed by atoms with Crippen molar-refractivity contribution in [3.05, 3.63) is 0 Å². The van der Waals surface area contributed by atoms with Crippen molar-refractivity contribution >= 4 is 5.78 Å². The number of ether oxygens (including phenoxy) is 2. The van der Waals surface area contributed by atoms with Crippen LogP contribution in [-0.4, -0.2) is 55.7 Å². The highest BCUT2D eigenvalue weighted by Gasteiger charge is 2.36. The fourth-order valence-electron chi connectivity index (χ4n) is 2.76. The minimum atomic E-state index is -0.345. The molecule has 0 unspecified atom stereocenters. The summed E-state index contributed by atoms with van der Waals surface area (Å²) in [6.07, 6.45) is 2.77. The Morgan fingerprint density at radius 2 is 1.67 bits per heavy atom. The van der Waals surface area contributed by atoms with Gasteiger partial charge in [-0.3, -0.25) is 9.69 Å². The molecule has 0 radical (unpaired) electrons. The van der Waals surface area contributed by atoms with Crippen LogP contribution in [0.25, 0.3) is 0 Å². The highest BCUT2D eigenvalue weighted by atomic mass is 16.5. The minimum absolute atomic E-state index is 0.345. The Hall–Kier alpha value is -0.450. The van der Waals surface area contributed by atoms with E-state index in [0.29, 0.717) is 18.1 Å². The van der Waals surface area contributed by atoms with Crippen molar-refractivity contribution in [2.45, 2.75) is 38.6 Å². The summed E-state index contributed by atoms with van der Waals surface area (Å²) in [5, 5.41) is 0. The van der Waals surface area contributed by atoms with Crippen LogP contribution >= 0.6 is 0 Å². The number of hydrogen-bond acceptors (Lipinski definition) is 4. The summed E-state index contributed by atoms with van der Waals surface area (Å²) in [6, 6.07) is 0. The predicted molar refractivity (Wildman–Crippen MR) is 69.6 cm³/mol. The predicted octanol–water partition coefficient (Wildman–Crippen LogP) is 1.48. The molecule has 4 heteroatoms. The lowest BCUT2D eigenvalue weighted by Gasteiger charge is -2.40. The standard InChI is InChI=1S/C14H25NO3/c1-14(2,15-5-9-18-10-6-15)13(16)11-12-3-7-17-8-4-12/h12H,3-11H2,1-2H3. The first-order valence-corrected chi connectivity index (χ1v) is 7.04. The Morgan fingerprint density at radius 1 is 1.11 bits per heavy atom. The maximum Gasteiger partial charge on any atom is 0.152 e. The van der Waals surface area contributed by atoms with Crippen molar-refractivity contribution in [2.75, 3.05) is 39.5 Å². The first-order valence-electron chi connectivity index (χ1n) is 7.04. The molecule has 104 valence electrons. The van der Waals surface area contributed by atoms with Crippen molar-refractivity contribution in [3.63, 3.8) is 0 Å². The van der Waals surface area contributed by atoms with Gasteiger partial charge in [0, 0.05) is 32.7 Å². The van der Waals surface area contributed by atoms with Gasteiger partial charge in [0.15, 0.2) is 5.78 Å². The van der Waals surface area contributed by atoms with E-state index in [1.165, 1.54) is 0 Å². The summed E-state index contributed by atoms with van der Waals surface area (Å²) in [7, 11) is 0. The van der Waals surface area contributed by atoms with Gasteiger partial charge in [0.25, 0.3) is 0 Å². The average molecular weight is 255 g/mol. The molecule has 0 spiro atoms. The fraction of sp³-hybridized carbons (Fsp3) is 0.929. The number of Topliss-reactive ketones (excluding diaryl/α,β-unsaturated/α-hetero) is 1. The topological polar surface area (TPSA) is 38.8 Å². The first kappa shape index (κ1) is 14.0. The van der Waals surface area contributed by atoms with Crippen LogP contribution in [0, 0.1) is 5.92 Å². The van der Waals surface area contributed by atoms with Gasteiger partial charge in [0.05, 0.1) is 18.8 Å². The zero-order chi connectivity index (χ0) is 13.0. The molecule has 0 amide bonds. The van der Waals surface area contributed by atoms with Gasteiger partial charge in [0.1, 0.15) is 0 Å². The van der Waals surface area contributed by atoms with Crippen molar-refractivity contribution in [2.24, 2.45) is 5.92 Å². The van der Waals surface area contributed by atoms with Gasteiger partial charge in [-0.15, -0.1) is 0 Å². The summed E-state index contributed by atoms with van der Waals surface area (Å²) < 4.78 is 10.7. The van der Waals surface area contributed by atoms with E-state index in [4.69, 9.17) is 9.47 Å². The molecule has 0 saturated carbocycles. The lowest BCUT2D eigenvalue weighted by molar-refractivity contribution is -0.133. The van der Waals surface area contributed by atoms with E-state index in [2.05, 4.69) is 18.7 Å². The van der Waals surface area contributed by atoms with Crippen LogP contribution in [-0.2, 0) is 14.3 Å². The van der Waals surface area contributed by atoms with Gasteiger partial charge in [-0.1, -0.05) is 0 Å². The van der Waals surface area contributed by atoms with Crippen LogP contribution in [0.1, 0.15) is 33.1 Å². The van der Waals surface area contributed by atoms with E-state index in [1.54, 1.807) is 0 Å². The second-order valence-electron chi connectivity index (χ2n) is 5.84. The van der Waals surface area contributed by atoms with E-state index >= 15 is 0 Å². The smallest absolute Gasteiger partial charge is 0.152 e. The SMILES string of the molecule is CC(C)(C(=O)CC1CCOCC1)N1CCOCC1. The van der Waals surface area contributed by atoms with Gasteiger partial charge in [-0.05, 0) is 32.6 Å². The fourth-order valence-corrected chi connectivity index (χ4v) is 2.76. The van der Waals surface area contributed by atoms with Crippen LogP contribution in [0.3, 0.4) is 0 Å². The molecule has 0 N–H and O–H groups in total. The van der Waals surface area contributed by atoms with E-state index in [9.17, 15) is 4.79 Å². The molecule has 2 aliphatic heterocycles. The molecule has 2 rings (SSSR count).